The van der Waals surface area contributed by atoms with Crippen LogP contribution < -0.4 is 0 Å². The summed E-state index contributed by atoms with van der Waals surface area (Å²) in [4.78, 5) is 0. The monoisotopic (exact) mass is 173 g/mol. The highest BCUT2D eigenvalue weighted by Crippen LogP contribution is 2.06. The zero-order valence-corrected chi connectivity index (χ0v) is 7.31. The van der Waals surface area contributed by atoms with Crippen molar-refractivity contribution >= 4 is 5.65 Å². The largest absolute Gasteiger partial charge is 0.215 e. The molecule has 2 heterocycles. The Hall–Kier alpha value is -1.96. The second-order valence-electron chi connectivity index (χ2n) is 2.80. The van der Waals surface area contributed by atoms with Gasteiger partial charge in [-0.25, -0.2) is 4.52 Å². The molecule has 0 aliphatic rings. The molecule has 0 spiro atoms. The van der Waals surface area contributed by atoms with E-state index in [2.05, 4.69) is 15.3 Å². The van der Waals surface area contributed by atoms with Gasteiger partial charge in [0.1, 0.15) is 6.07 Å². The van der Waals surface area contributed by atoms with Crippen molar-refractivity contribution in [3.05, 3.63) is 23.1 Å². The van der Waals surface area contributed by atoms with Crippen molar-refractivity contribution in [2.45, 2.75) is 13.8 Å². The highest BCUT2D eigenvalue weighted by atomic mass is 15.3. The molecule has 0 amide bonds. The summed E-state index contributed by atoms with van der Waals surface area (Å²) >= 11 is 0. The molecule has 0 saturated carbocycles. The van der Waals surface area contributed by atoms with Gasteiger partial charge in [-0.3, -0.25) is 0 Å². The summed E-state index contributed by atoms with van der Waals surface area (Å²) in [5, 5.41) is 20.5. The van der Waals surface area contributed by atoms with Gasteiger partial charge in [-0.15, -0.1) is 10.2 Å². The Bertz CT molecular complexity index is 505. The molecule has 0 fully saturated rings. The molecule has 0 aromatic carbocycles. The molecule has 0 saturated heterocycles. The lowest BCUT2D eigenvalue weighted by Crippen LogP contribution is -2.02. The van der Waals surface area contributed by atoms with Crippen molar-refractivity contribution in [2.75, 3.05) is 0 Å². The Morgan fingerprint density at radius 3 is 2.85 bits per heavy atom. The lowest BCUT2D eigenvalue weighted by Gasteiger charge is -1.97. The Balaban J connectivity index is 2.87. The lowest BCUT2D eigenvalue weighted by molar-refractivity contribution is 0.829. The molecule has 0 unspecified atom stereocenters. The SMILES string of the molecule is Cc1cc2nnc(C#N)c(C)n2n1. The molecular weight excluding hydrogens is 166 g/mol. The van der Waals surface area contributed by atoms with Gasteiger partial charge in [-0.05, 0) is 13.8 Å². The van der Waals surface area contributed by atoms with Crippen LogP contribution in [-0.4, -0.2) is 19.8 Å². The summed E-state index contributed by atoms with van der Waals surface area (Å²) in [7, 11) is 0. The van der Waals surface area contributed by atoms with E-state index in [0.717, 1.165) is 11.4 Å². The topological polar surface area (TPSA) is 66.9 Å². The molecule has 13 heavy (non-hydrogen) atoms. The maximum Gasteiger partial charge on any atom is 0.184 e. The molecule has 0 aliphatic carbocycles. The van der Waals surface area contributed by atoms with Gasteiger partial charge in [0.25, 0.3) is 0 Å². The molecule has 0 bridgehead atoms. The van der Waals surface area contributed by atoms with E-state index in [0.29, 0.717) is 11.3 Å². The maximum atomic E-state index is 8.69. The molecule has 5 nitrogen and oxygen atoms in total. The van der Waals surface area contributed by atoms with Crippen LogP contribution in [0.4, 0.5) is 0 Å². The molecule has 0 atom stereocenters. The number of nitriles is 1. The van der Waals surface area contributed by atoms with Gasteiger partial charge in [-0.1, -0.05) is 0 Å². The Labute approximate surface area is 74.6 Å². The minimum atomic E-state index is 0.315. The van der Waals surface area contributed by atoms with Crippen molar-refractivity contribution in [1.82, 2.24) is 19.8 Å². The van der Waals surface area contributed by atoms with E-state index < -0.39 is 0 Å². The fourth-order valence-corrected chi connectivity index (χ4v) is 1.18. The number of hydrogen-bond acceptors (Lipinski definition) is 4. The minimum Gasteiger partial charge on any atom is -0.215 e. The Morgan fingerprint density at radius 1 is 1.38 bits per heavy atom. The first-order valence-corrected chi connectivity index (χ1v) is 3.82. The first-order valence-electron chi connectivity index (χ1n) is 3.82. The van der Waals surface area contributed by atoms with Crippen molar-refractivity contribution < 1.29 is 0 Å². The lowest BCUT2D eigenvalue weighted by atomic mass is 10.3. The summed E-state index contributed by atoms with van der Waals surface area (Å²) in [5.41, 5.74) is 2.58. The van der Waals surface area contributed by atoms with Crippen molar-refractivity contribution in [3.8, 4) is 6.07 Å². The first-order chi connectivity index (χ1) is 6.22. The second kappa shape index (κ2) is 2.52. The van der Waals surface area contributed by atoms with Crippen LogP contribution in [0.1, 0.15) is 17.1 Å². The molecule has 2 aromatic heterocycles. The van der Waals surface area contributed by atoms with Crippen LogP contribution in [0.2, 0.25) is 0 Å². The van der Waals surface area contributed by atoms with E-state index in [9.17, 15) is 0 Å². The van der Waals surface area contributed by atoms with E-state index >= 15 is 0 Å². The molecular formula is C8H7N5. The average Bonchev–Trinajstić information content (AvgIpc) is 2.47. The number of aryl methyl sites for hydroxylation is 2. The summed E-state index contributed by atoms with van der Waals surface area (Å²) in [5.74, 6) is 0. The van der Waals surface area contributed by atoms with Crippen LogP contribution in [0.25, 0.3) is 5.65 Å². The zero-order valence-electron chi connectivity index (χ0n) is 7.31. The molecule has 2 rings (SSSR count). The van der Waals surface area contributed by atoms with Gasteiger partial charge >= 0.3 is 0 Å². The molecule has 64 valence electrons. The van der Waals surface area contributed by atoms with Gasteiger partial charge in [0.2, 0.25) is 0 Å². The third kappa shape index (κ3) is 1.04. The molecule has 0 N–H and O–H groups in total. The standard InChI is InChI=1S/C8H7N5/c1-5-3-8-11-10-7(4-9)6(2)13(8)12-5/h3H,1-2H3. The fraction of sp³-hybridized carbons (Fsp3) is 0.250. The normalized spacial score (nSPS) is 10.2. The summed E-state index contributed by atoms with van der Waals surface area (Å²) in [6.07, 6.45) is 0. The van der Waals surface area contributed by atoms with E-state index in [4.69, 9.17) is 5.26 Å². The van der Waals surface area contributed by atoms with Gasteiger partial charge < -0.3 is 0 Å². The minimum absolute atomic E-state index is 0.315. The van der Waals surface area contributed by atoms with Crippen LogP contribution in [0, 0.1) is 25.2 Å². The number of fused-ring (bicyclic) bond motifs is 1. The van der Waals surface area contributed by atoms with Gasteiger partial charge in [0.05, 0.1) is 11.4 Å². The van der Waals surface area contributed by atoms with Crippen LogP contribution in [-0.2, 0) is 0 Å². The number of hydrogen-bond donors (Lipinski definition) is 0. The fourth-order valence-electron chi connectivity index (χ4n) is 1.18. The zero-order chi connectivity index (χ0) is 9.42. The number of aromatic nitrogens is 4. The van der Waals surface area contributed by atoms with E-state index in [1.165, 1.54) is 0 Å². The summed E-state index contributed by atoms with van der Waals surface area (Å²) in [6, 6.07) is 3.78. The number of nitrogens with zero attached hydrogens (tertiary/aromatic N) is 5. The van der Waals surface area contributed by atoms with Gasteiger partial charge in [-0.2, -0.15) is 10.4 Å². The van der Waals surface area contributed by atoms with Crippen LogP contribution in [0.3, 0.4) is 0 Å². The third-order valence-corrected chi connectivity index (χ3v) is 1.83. The van der Waals surface area contributed by atoms with E-state index in [1.54, 1.807) is 11.4 Å². The van der Waals surface area contributed by atoms with E-state index in [1.807, 2.05) is 19.1 Å². The summed E-state index contributed by atoms with van der Waals surface area (Å²) in [6.45, 7) is 3.67. The third-order valence-electron chi connectivity index (χ3n) is 1.83. The van der Waals surface area contributed by atoms with Crippen LogP contribution in [0.5, 0.6) is 0 Å². The quantitative estimate of drug-likeness (QED) is 0.585. The smallest absolute Gasteiger partial charge is 0.184 e. The van der Waals surface area contributed by atoms with Crippen LogP contribution in [0.15, 0.2) is 6.07 Å². The molecule has 2 aromatic rings. The Morgan fingerprint density at radius 2 is 2.15 bits per heavy atom. The molecule has 0 radical (unpaired) electrons. The van der Waals surface area contributed by atoms with Crippen LogP contribution >= 0.6 is 0 Å². The van der Waals surface area contributed by atoms with Gasteiger partial charge in [0, 0.05) is 6.07 Å². The molecule has 0 aliphatic heterocycles. The second-order valence-corrected chi connectivity index (χ2v) is 2.80. The molecule has 5 heteroatoms. The van der Waals surface area contributed by atoms with Crippen molar-refractivity contribution in [2.24, 2.45) is 0 Å². The van der Waals surface area contributed by atoms with E-state index in [-0.39, 0.29) is 0 Å². The van der Waals surface area contributed by atoms with Crippen molar-refractivity contribution in [3.63, 3.8) is 0 Å². The highest BCUT2D eigenvalue weighted by Gasteiger charge is 2.06. The highest BCUT2D eigenvalue weighted by molar-refractivity contribution is 5.41. The summed E-state index contributed by atoms with van der Waals surface area (Å²) < 4.78 is 1.63. The number of rotatable bonds is 0. The predicted molar refractivity (Wildman–Crippen MR) is 45.0 cm³/mol. The first kappa shape index (κ1) is 7.68. The van der Waals surface area contributed by atoms with Gasteiger partial charge in [0.15, 0.2) is 11.3 Å². The average molecular weight is 173 g/mol. The maximum absolute atomic E-state index is 8.69. The predicted octanol–water partition coefficient (Wildman–Crippen LogP) is 0.613. The van der Waals surface area contributed by atoms with Crippen molar-refractivity contribution in [1.29, 1.82) is 5.26 Å². The Kier molecular flexibility index (Phi) is 1.49.